The third kappa shape index (κ3) is 9.05. The maximum absolute atomic E-state index is 13.9. The van der Waals surface area contributed by atoms with E-state index in [0.29, 0.717) is 13.1 Å². The van der Waals surface area contributed by atoms with E-state index in [1.165, 1.54) is 14.2 Å². The number of rotatable bonds is 15. The van der Waals surface area contributed by atoms with E-state index < -0.39 is 24.3 Å². The molecule has 0 saturated carbocycles. The van der Waals surface area contributed by atoms with Crippen LogP contribution in [0.15, 0.2) is 60.9 Å². The molecule has 2 saturated heterocycles. The number of carbonyl (C=O) groups is 4. The lowest BCUT2D eigenvalue weighted by Gasteiger charge is -2.31. The van der Waals surface area contributed by atoms with Gasteiger partial charge in [0.1, 0.15) is 23.7 Å². The van der Waals surface area contributed by atoms with E-state index in [2.05, 4.69) is 69.1 Å². The fraction of sp³-hybridized carbons (Fsp3) is 0.500. The third-order valence-electron chi connectivity index (χ3n) is 12.1. The summed E-state index contributed by atoms with van der Waals surface area (Å²) in [6.07, 6.45) is 8.74. The van der Waals surface area contributed by atoms with Crippen molar-refractivity contribution in [1.82, 2.24) is 40.4 Å². The number of amides is 4. The number of alkyl carbamates (subject to hydrolysis) is 2. The van der Waals surface area contributed by atoms with Crippen molar-refractivity contribution >= 4 is 24.0 Å². The molecule has 1 unspecified atom stereocenters. The molecule has 2 aromatic heterocycles. The SMILES string of the molecule is CCC(CC)C(NC(=O)OC)C(=O)N1CCC[C@H]1c1ncc(-c2ccc(-c3ccc(-c4cnc([C@@H]5CCCN5C(=O)[C@@H](NC(=O)OC)C(CC)CC)[nH]4)cc3)cc2)[nH]1. The number of imidazole rings is 2. The molecule has 310 valence electrons. The number of hydrogen-bond acceptors (Lipinski definition) is 8. The quantitative estimate of drug-likeness (QED) is 0.0944. The first-order valence-electron chi connectivity index (χ1n) is 20.7. The van der Waals surface area contributed by atoms with E-state index in [1.54, 1.807) is 0 Å². The molecule has 0 radical (unpaired) electrons. The molecule has 2 fully saturated rings. The van der Waals surface area contributed by atoms with Gasteiger partial charge in [0.15, 0.2) is 0 Å². The molecule has 4 heterocycles. The largest absolute Gasteiger partial charge is 0.453 e. The van der Waals surface area contributed by atoms with Crippen LogP contribution in [0.1, 0.15) is 103 Å². The molecular formula is C44H58N8O6. The molecule has 14 heteroatoms. The Kier molecular flexibility index (Phi) is 13.9. The lowest BCUT2D eigenvalue weighted by atomic mass is 9.93. The summed E-state index contributed by atoms with van der Waals surface area (Å²) in [5.41, 5.74) is 5.81. The zero-order chi connectivity index (χ0) is 41.3. The molecule has 6 rings (SSSR count). The van der Waals surface area contributed by atoms with Crippen molar-refractivity contribution in [3.8, 4) is 33.6 Å². The van der Waals surface area contributed by atoms with Gasteiger partial charge in [0.05, 0.1) is 50.1 Å². The predicted molar refractivity (Wildman–Crippen MR) is 221 cm³/mol. The normalized spacial score (nSPS) is 17.7. The van der Waals surface area contributed by atoms with Crippen LogP contribution in [0, 0.1) is 11.8 Å². The van der Waals surface area contributed by atoms with Crippen molar-refractivity contribution in [3.63, 3.8) is 0 Å². The van der Waals surface area contributed by atoms with E-state index in [9.17, 15) is 19.2 Å². The van der Waals surface area contributed by atoms with Crippen LogP contribution < -0.4 is 10.6 Å². The summed E-state index contributed by atoms with van der Waals surface area (Å²) >= 11 is 0. The monoisotopic (exact) mass is 794 g/mol. The predicted octanol–water partition coefficient (Wildman–Crippen LogP) is 7.78. The molecule has 2 aromatic carbocycles. The Labute approximate surface area is 340 Å². The fourth-order valence-corrected chi connectivity index (χ4v) is 8.63. The average Bonchev–Trinajstić information content (AvgIpc) is 4.10. The van der Waals surface area contributed by atoms with E-state index in [4.69, 9.17) is 19.4 Å². The van der Waals surface area contributed by atoms with Crippen molar-refractivity contribution < 1.29 is 28.7 Å². The second-order valence-electron chi connectivity index (χ2n) is 15.3. The molecule has 2 aliphatic heterocycles. The van der Waals surface area contributed by atoms with Gasteiger partial charge in [-0.05, 0) is 59.8 Å². The van der Waals surface area contributed by atoms with Crippen LogP contribution in [0.25, 0.3) is 33.6 Å². The first-order valence-corrected chi connectivity index (χ1v) is 20.7. The number of carbonyl (C=O) groups excluding carboxylic acids is 4. The minimum Gasteiger partial charge on any atom is -0.453 e. The lowest BCUT2D eigenvalue weighted by Crippen LogP contribution is -2.52. The van der Waals surface area contributed by atoms with Gasteiger partial charge in [0, 0.05) is 13.1 Å². The van der Waals surface area contributed by atoms with Crippen LogP contribution in [0.2, 0.25) is 0 Å². The summed E-state index contributed by atoms with van der Waals surface area (Å²) in [6, 6.07) is 14.8. The van der Waals surface area contributed by atoms with Crippen molar-refractivity contribution in [1.29, 1.82) is 0 Å². The number of hydrogen-bond donors (Lipinski definition) is 4. The molecule has 0 aliphatic carbocycles. The first-order chi connectivity index (χ1) is 28.1. The first kappa shape index (κ1) is 42.0. The van der Waals surface area contributed by atoms with Gasteiger partial charge in [-0.3, -0.25) is 9.59 Å². The summed E-state index contributed by atoms with van der Waals surface area (Å²) in [6.45, 7) is 9.32. The molecule has 4 N–H and O–H groups in total. The Morgan fingerprint density at radius 1 is 0.621 bits per heavy atom. The molecule has 4 amide bonds. The van der Waals surface area contributed by atoms with Gasteiger partial charge in [-0.25, -0.2) is 19.6 Å². The Bertz CT molecular complexity index is 1860. The highest BCUT2D eigenvalue weighted by molar-refractivity contribution is 5.87. The Morgan fingerprint density at radius 2 is 0.966 bits per heavy atom. The van der Waals surface area contributed by atoms with Gasteiger partial charge in [0.25, 0.3) is 0 Å². The summed E-state index contributed by atoms with van der Waals surface area (Å²) in [7, 11) is 2.62. The number of ether oxygens (including phenoxy) is 2. The number of aromatic nitrogens is 4. The van der Waals surface area contributed by atoms with E-state index in [1.807, 2.05) is 49.9 Å². The van der Waals surface area contributed by atoms with Crippen LogP contribution in [0.5, 0.6) is 0 Å². The molecule has 14 nitrogen and oxygen atoms in total. The van der Waals surface area contributed by atoms with E-state index in [0.717, 1.165) is 96.7 Å². The second-order valence-corrected chi connectivity index (χ2v) is 15.3. The third-order valence-corrected chi connectivity index (χ3v) is 12.1. The number of nitrogens with one attached hydrogen (secondary N) is 4. The van der Waals surface area contributed by atoms with E-state index >= 15 is 0 Å². The standard InChI is InChI=1S/C44H58N8O6/c1-7-27(8-2)37(49-43(55)57-5)41(53)51-23-11-13-35(51)39-45-25-33(47-39)31-19-15-29(16-20-31)30-17-21-32(22-18-30)34-26-46-40(48-34)36-14-12-24-52(36)42(54)38(28(9-3)10-4)50-44(56)58-6/h15-22,25-28,35-38H,7-14,23-24H2,1-6H3,(H,45,47)(H,46,48)(H,49,55)(H,50,56)/t35-,36-,37-,38?/m0/s1. The topological polar surface area (TPSA) is 175 Å². The maximum Gasteiger partial charge on any atom is 0.407 e. The highest BCUT2D eigenvalue weighted by atomic mass is 16.5. The van der Waals surface area contributed by atoms with E-state index in [-0.39, 0.29) is 35.7 Å². The van der Waals surface area contributed by atoms with Crippen LogP contribution in [0.4, 0.5) is 9.59 Å². The molecule has 58 heavy (non-hydrogen) atoms. The zero-order valence-electron chi connectivity index (χ0n) is 34.5. The van der Waals surface area contributed by atoms with Gasteiger partial charge in [-0.2, -0.15) is 0 Å². The minimum atomic E-state index is -0.660. The van der Waals surface area contributed by atoms with Gasteiger partial charge in [-0.1, -0.05) is 102 Å². The van der Waals surface area contributed by atoms with Gasteiger partial charge in [0.2, 0.25) is 11.8 Å². The summed E-state index contributed by atoms with van der Waals surface area (Å²) in [4.78, 5) is 72.1. The molecule has 0 bridgehead atoms. The number of H-pyrrole nitrogens is 2. The Morgan fingerprint density at radius 3 is 1.29 bits per heavy atom. The number of nitrogens with zero attached hydrogens (tertiary/aromatic N) is 4. The lowest BCUT2D eigenvalue weighted by molar-refractivity contribution is -0.136. The number of methoxy groups -OCH3 is 2. The smallest absolute Gasteiger partial charge is 0.407 e. The van der Waals surface area contributed by atoms with Crippen LogP contribution in [-0.4, -0.2) is 93.1 Å². The van der Waals surface area contributed by atoms with Gasteiger partial charge in [-0.15, -0.1) is 0 Å². The summed E-state index contributed by atoms with van der Waals surface area (Å²) in [5, 5.41) is 5.59. The number of likely N-dealkylation sites (tertiary alicyclic amines) is 2. The molecule has 2 aliphatic rings. The molecular weight excluding hydrogens is 737 g/mol. The molecule has 4 aromatic rings. The minimum absolute atomic E-state index is 0.00265. The van der Waals surface area contributed by atoms with Crippen LogP contribution in [0.3, 0.4) is 0 Å². The zero-order valence-corrected chi connectivity index (χ0v) is 34.5. The van der Waals surface area contributed by atoms with Crippen molar-refractivity contribution in [2.24, 2.45) is 11.8 Å². The highest BCUT2D eigenvalue weighted by Crippen LogP contribution is 2.36. The highest BCUT2D eigenvalue weighted by Gasteiger charge is 2.40. The maximum atomic E-state index is 13.9. The van der Waals surface area contributed by atoms with Gasteiger partial charge < -0.3 is 39.9 Å². The van der Waals surface area contributed by atoms with Crippen molar-refractivity contribution in [2.75, 3.05) is 27.3 Å². The number of benzene rings is 2. The fourth-order valence-electron chi connectivity index (χ4n) is 8.63. The summed E-state index contributed by atoms with van der Waals surface area (Å²) < 4.78 is 9.69. The summed E-state index contributed by atoms with van der Waals surface area (Å²) in [5.74, 6) is 1.25. The Hall–Kier alpha value is -5.66. The second kappa shape index (κ2) is 19.2. The molecule has 0 spiro atoms. The number of aromatic amines is 2. The van der Waals surface area contributed by atoms with Crippen molar-refractivity contribution in [3.05, 3.63) is 72.6 Å². The van der Waals surface area contributed by atoms with Crippen LogP contribution in [-0.2, 0) is 19.1 Å². The average molecular weight is 795 g/mol. The molecule has 4 atom stereocenters. The van der Waals surface area contributed by atoms with Crippen LogP contribution >= 0.6 is 0 Å². The Balaban J connectivity index is 1.11. The van der Waals surface area contributed by atoms with Crippen molar-refractivity contribution in [2.45, 2.75) is 103 Å². The van der Waals surface area contributed by atoms with Gasteiger partial charge >= 0.3 is 12.2 Å².